The van der Waals surface area contributed by atoms with Crippen LogP contribution in [0.2, 0.25) is 0 Å². The fourth-order valence-corrected chi connectivity index (χ4v) is 4.03. The van der Waals surface area contributed by atoms with Crippen LogP contribution in [0.4, 0.5) is 5.69 Å². The number of carbonyl (C=O) groups is 1. The molecule has 2 aromatic carbocycles. The minimum Gasteiger partial charge on any atom is -0.348 e. The van der Waals surface area contributed by atoms with E-state index in [0.29, 0.717) is 5.69 Å². The molecular formula is C21H28N2O3S. The molecule has 5 nitrogen and oxygen atoms in total. The molecule has 0 aliphatic rings. The normalized spacial score (nSPS) is 12.7. The number of nitrogens with one attached hydrogen (secondary N) is 1. The molecule has 27 heavy (non-hydrogen) atoms. The van der Waals surface area contributed by atoms with E-state index in [1.165, 1.54) is 4.31 Å². The van der Waals surface area contributed by atoms with Crippen LogP contribution >= 0.6 is 0 Å². The van der Waals surface area contributed by atoms with Gasteiger partial charge < -0.3 is 5.32 Å². The first-order valence-electron chi connectivity index (χ1n) is 9.02. The lowest BCUT2D eigenvalue weighted by atomic mass is 9.98. The Hall–Kier alpha value is -2.34. The fraction of sp³-hybridized carbons (Fsp3) is 0.381. The molecule has 0 aromatic heterocycles. The molecule has 1 N–H and O–H groups in total. The summed E-state index contributed by atoms with van der Waals surface area (Å²) in [5.41, 5.74) is 3.30. The summed E-state index contributed by atoms with van der Waals surface area (Å²) in [5.74, 6) is -0.204. The van der Waals surface area contributed by atoms with E-state index in [4.69, 9.17) is 0 Å². The number of amides is 1. The van der Waals surface area contributed by atoms with Crippen molar-refractivity contribution in [3.05, 3.63) is 65.2 Å². The van der Waals surface area contributed by atoms with Gasteiger partial charge in [-0.1, -0.05) is 62.4 Å². The molecule has 0 aliphatic carbocycles. The third kappa shape index (κ3) is 5.32. The number of hydrogen-bond acceptors (Lipinski definition) is 3. The maximum absolute atomic E-state index is 12.6. The van der Waals surface area contributed by atoms with Gasteiger partial charge in [0.2, 0.25) is 15.9 Å². The number of rotatable bonds is 7. The van der Waals surface area contributed by atoms with E-state index >= 15 is 0 Å². The third-order valence-corrected chi connectivity index (χ3v) is 5.62. The number of para-hydroxylation sites is 1. The average molecular weight is 389 g/mol. The zero-order valence-electron chi connectivity index (χ0n) is 16.6. The van der Waals surface area contributed by atoms with Gasteiger partial charge in [-0.3, -0.25) is 9.10 Å². The van der Waals surface area contributed by atoms with Crippen molar-refractivity contribution < 1.29 is 13.2 Å². The van der Waals surface area contributed by atoms with Crippen LogP contribution in [0.25, 0.3) is 0 Å². The van der Waals surface area contributed by atoms with E-state index < -0.39 is 10.0 Å². The lowest BCUT2D eigenvalue weighted by Crippen LogP contribution is -2.42. The molecule has 0 spiro atoms. The van der Waals surface area contributed by atoms with Crippen LogP contribution in [-0.4, -0.2) is 27.1 Å². The van der Waals surface area contributed by atoms with Gasteiger partial charge in [0.15, 0.2) is 0 Å². The van der Waals surface area contributed by atoms with Crippen molar-refractivity contribution in [1.29, 1.82) is 0 Å². The molecule has 0 aliphatic heterocycles. The number of nitrogens with zero attached hydrogens (tertiary/aromatic N) is 1. The maximum atomic E-state index is 12.6. The number of benzene rings is 2. The lowest BCUT2D eigenvalue weighted by Gasteiger charge is -2.28. The van der Waals surface area contributed by atoms with E-state index in [1.807, 2.05) is 76.2 Å². The summed E-state index contributed by atoms with van der Waals surface area (Å²) in [6.45, 7) is 7.52. The van der Waals surface area contributed by atoms with Crippen molar-refractivity contribution in [2.75, 3.05) is 17.1 Å². The maximum Gasteiger partial charge on any atom is 0.241 e. The number of aryl methyl sites for hydroxylation is 1. The second-order valence-electron chi connectivity index (χ2n) is 7.14. The first-order chi connectivity index (χ1) is 12.6. The minimum atomic E-state index is -3.62. The van der Waals surface area contributed by atoms with Crippen LogP contribution in [0, 0.1) is 6.92 Å². The van der Waals surface area contributed by atoms with Crippen LogP contribution in [0.15, 0.2) is 48.5 Å². The van der Waals surface area contributed by atoms with Crippen LogP contribution in [0.3, 0.4) is 0 Å². The summed E-state index contributed by atoms with van der Waals surface area (Å²) in [5, 5.41) is 2.89. The molecule has 2 rings (SSSR count). The van der Waals surface area contributed by atoms with E-state index in [2.05, 4.69) is 5.32 Å². The van der Waals surface area contributed by atoms with Crippen molar-refractivity contribution in [3.8, 4) is 0 Å². The van der Waals surface area contributed by atoms with Gasteiger partial charge in [0, 0.05) is 0 Å². The first kappa shape index (κ1) is 21.0. The average Bonchev–Trinajstić information content (AvgIpc) is 2.59. The van der Waals surface area contributed by atoms with Crippen LogP contribution in [0.1, 0.15) is 49.4 Å². The Balaban J connectivity index is 2.31. The topological polar surface area (TPSA) is 66.5 Å². The highest BCUT2D eigenvalue weighted by Gasteiger charge is 2.26. The second kappa shape index (κ2) is 8.57. The molecule has 0 bridgehead atoms. The van der Waals surface area contributed by atoms with Gasteiger partial charge in [-0.2, -0.15) is 0 Å². The molecule has 1 unspecified atom stereocenters. The second-order valence-corrected chi connectivity index (χ2v) is 9.04. The number of carbonyl (C=O) groups excluding carboxylic acids is 1. The molecule has 146 valence electrons. The number of sulfonamides is 1. The van der Waals surface area contributed by atoms with Crippen LogP contribution in [-0.2, 0) is 14.8 Å². The lowest BCUT2D eigenvalue weighted by molar-refractivity contribution is -0.120. The zero-order chi connectivity index (χ0) is 20.2. The quantitative estimate of drug-likeness (QED) is 0.785. The molecule has 6 heteroatoms. The fourth-order valence-electron chi connectivity index (χ4n) is 3.09. The highest BCUT2D eigenvalue weighted by Crippen LogP contribution is 2.32. The monoisotopic (exact) mass is 388 g/mol. The Labute approximate surface area is 162 Å². The third-order valence-electron chi connectivity index (χ3n) is 4.50. The van der Waals surface area contributed by atoms with Crippen LogP contribution < -0.4 is 9.62 Å². The number of hydrogen-bond donors (Lipinski definition) is 1. The van der Waals surface area contributed by atoms with Gasteiger partial charge in [0.1, 0.15) is 6.54 Å². The Bertz CT molecular complexity index is 893. The molecule has 0 radical (unpaired) electrons. The summed E-state index contributed by atoms with van der Waals surface area (Å²) in [6.07, 6.45) is 1.14. The summed E-state index contributed by atoms with van der Waals surface area (Å²) in [7, 11) is -3.62. The molecule has 1 amide bonds. The molecule has 0 saturated carbocycles. The summed E-state index contributed by atoms with van der Waals surface area (Å²) in [6, 6.07) is 15.1. The molecule has 1 atom stereocenters. The van der Waals surface area contributed by atoms with Gasteiger partial charge in [0.25, 0.3) is 0 Å². The van der Waals surface area contributed by atoms with Crippen molar-refractivity contribution in [1.82, 2.24) is 5.32 Å². The van der Waals surface area contributed by atoms with E-state index in [-0.39, 0.29) is 24.4 Å². The molecule has 0 fully saturated rings. The van der Waals surface area contributed by atoms with Gasteiger partial charge >= 0.3 is 0 Å². The first-order valence-corrected chi connectivity index (χ1v) is 10.9. The molecule has 2 aromatic rings. The van der Waals surface area contributed by atoms with Crippen LogP contribution in [0.5, 0.6) is 0 Å². The van der Waals surface area contributed by atoms with Gasteiger partial charge in [-0.25, -0.2) is 8.42 Å². The van der Waals surface area contributed by atoms with E-state index in [0.717, 1.165) is 22.9 Å². The molecular weight excluding hydrogens is 360 g/mol. The smallest absolute Gasteiger partial charge is 0.241 e. The van der Waals surface area contributed by atoms with E-state index in [9.17, 15) is 13.2 Å². The highest BCUT2D eigenvalue weighted by molar-refractivity contribution is 7.92. The SMILES string of the molecule is Cc1cccc(C(C)C)c1N(CC(=O)NC(C)c1ccccc1)S(C)(=O)=O. The summed E-state index contributed by atoms with van der Waals surface area (Å²) < 4.78 is 26.2. The van der Waals surface area contributed by atoms with Gasteiger partial charge in [0.05, 0.1) is 18.0 Å². The zero-order valence-corrected chi connectivity index (χ0v) is 17.4. The molecule has 0 heterocycles. The largest absolute Gasteiger partial charge is 0.348 e. The van der Waals surface area contributed by atoms with Crippen molar-refractivity contribution in [2.24, 2.45) is 0 Å². The van der Waals surface area contributed by atoms with Crippen molar-refractivity contribution in [3.63, 3.8) is 0 Å². The Morgan fingerprint density at radius 1 is 1.04 bits per heavy atom. The molecule has 0 saturated heterocycles. The van der Waals surface area contributed by atoms with E-state index in [1.54, 1.807) is 0 Å². The van der Waals surface area contributed by atoms with Gasteiger partial charge in [-0.15, -0.1) is 0 Å². The Morgan fingerprint density at radius 3 is 2.22 bits per heavy atom. The summed E-state index contributed by atoms with van der Waals surface area (Å²) >= 11 is 0. The Kier molecular flexibility index (Phi) is 6.65. The minimum absolute atomic E-state index is 0.135. The Morgan fingerprint density at radius 2 is 1.67 bits per heavy atom. The van der Waals surface area contributed by atoms with Crippen molar-refractivity contribution in [2.45, 2.75) is 39.7 Å². The highest BCUT2D eigenvalue weighted by atomic mass is 32.2. The van der Waals surface area contributed by atoms with Crippen molar-refractivity contribution >= 4 is 21.6 Å². The standard InChI is InChI=1S/C21H28N2O3S/c1-15(2)19-13-9-10-16(3)21(19)23(27(5,25)26)14-20(24)22-17(4)18-11-7-6-8-12-18/h6-13,15,17H,14H2,1-5H3,(H,22,24). The summed E-state index contributed by atoms with van der Waals surface area (Å²) in [4.78, 5) is 12.6. The predicted molar refractivity (Wildman–Crippen MR) is 110 cm³/mol. The van der Waals surface area contributed by atoms with Gasteiger partial charge in [-0.05, 0) is 36.5 Å². The predicted octanol–water partition coefficient (Wildman–Crippen LogP) is 3.76. The number of anilines is 1.